The highest BCUT2D eigenvalue weighted by Crippen LogP contribution is 2.24. The standard InChI is InChI=1S/C17H21N3O/c1-12-7-8-16-14(9-12)10-20(19-16)11-17(21)18-15-6-4-3-5-13(15)2/h3-6,10,12H,7-9,11H2,1-2H3,(H,18,21)/t12-/m1/s1. The molecule has 1 aliphatic carbocycles. The molecule has 0 spiro atoms. The third-order valence-electron chi connectivity index (χ3n) is 4.09. The van der Waals surface area contributed by atoms with Crippen LogP contribution >= 0.6 is 0 Å². The van der Waals surface area contributed by atoms with Crippen LogP contribution in [-0.2, 0) is 24.2 Å². The van der Waals surface area contributed by atoms with Gasteiger partial charge in [0.1, 0.15) is 6.54 Å². The molecule has 0 radical (unpaired) electrons. The van der Waals surface area contributed by atoms with E-state index in [1.165, 1.54) is 12.0 Å². The first-order valence-electron chi connectivity index (χ1n) is 7.52. The van der Waals surface area contributed by atoms with E-state index in [1.54, 1.807) is 4.68 Å². The quantitative estimate of drug-likeness (QED) is 0.941. The SMILES string of the molecule is Cc1ccccc1NC(=O)Cn1cc2c(n1)CC[C@@H](C)C2. The summed E-state index contributed by atoms with van der Waals surface area (Å²) in [7, 11) is 0. The van der Waals surface area contributed by atoms with Gasteiger partial charge in [-0.15, -0.1) is 0 Å². The molecule has 0 unspecified atom stereocenters. The van der Waals surface area contributed by atoms with Gasteiger partial charge in [0.05, 0.1) is 5.69 Å². The normalized spacial score (nSPS) is 17.3. The Morgan fingerprint density at radius 2 is 2.24 bits per heavy atom. The lowest BCUT2D eigenvalue weighted by Gasteiger charge is -2.15. The van der Waals surface area contributed by atoms with Crippen LogP contribution in [0.1, 0.15) is 30.2 Å². The summed E-state index contributed by atoms with van der Waals surface area (Å²) in [6.07, 6.45) is 5.33. The third-order valence-corrected chi connectivity index (χ3v) is 4.09. The maximum absolute atomic E-state index is 12.1. The Kier molecular flexibility index (Phi) is 3.78. The van der Waals surface area contributed by atoms with E-state index in [9.17, 15) is 4.79 Å². The molecule has 0 saturated heterocycles. The third kappa shape index (κ3) is 3.15. The van der Waals surface area contributed by atoms with Crippen LogP contribution in [0, 0.1) is 12.8 Å². The van der Waals surface area contributed by atoms with Crippen LogP contribution in [0.25, 0.3) is 0 Å². The molecule has 4 nitrogen and oxygen atoms in total. The number of aromatic nitrogens is 2. The number of carbonyl (C=O) groups excluding carboxylic acids is 1. The summed E-state index contributed by atoms with van der Waals surface area (Å²) < 4.78 is 1.77. The lowest BCUT2D eigenvalue weighted by atomic mass is 9.89. The molecule has 0 saturated carbocycles. The predicted molar refractivity (Wildman–Crippen MR) is 83.2 cm³/mol. The number of nitrogens with zero attached hydrogens (tertiary/aromatic N) is 2. The molecule has 1 aromatic heterocycles. The van der Waals surface area contributed by atoms with Crippen LogP contribution in [0.5, 0.6) is 0 Å². The van der Waals surface area contributed by atoms with Crippen LogP contribution in [0.2, 0.25) is 0 Å². The number of benzene rings is 1. The Morgan fingerprint density at radius 1 is 1.43 bits per heavy atom. The van der Waals surface area contributed by atoms with E-state index in [0.717, 1.165) is 35.7 Å². The van der Waals surface area contributed by atoms with Gasteiger partial charge in [-0.25, -0.2) is 0 Å². The first-order chi connectivity index (χ1) is 10.1. The van der Waals surface area contributed by atoms with E-state index in [2.05, 4.69) is 17.3 Å². The van der Waals surface area contributed by atoms with Crippen LogP contribution < -0.4 is 5.32 Å². The largest absolute Gasteiger partial charge is 0.324 e. The number of anilines is 1. The monoisotopic (exact) mass is 283 g/mol. The number of nitrogens with one attached hydrogen (secondary N) is 1. The van der Waals surface area contributed by atoms with E-state index in [1.807, 2.05) is 37.4 Å². The number of amides is 1. The average Bonchev–Trinajstić information content (AvgIpc) is 2.82. The zero-order chi connectivity index (χ0) is 14.8. The maximum atomic E-state index is 12.1. The number of para-hydroxylation sites is 1. The molecule has 1 atom stereocenters. The molecule has 4 heteroatoms. The van der Waals surface area contributed by atoms with Crippen LogP contribution in [0.15, 0.2) is 30.5 Å². The molecule has 0 bridgehead atoms. The van der Waals surface area contributed by atoms with Crippen molar-refractivity contribution in [3.05, 3.63) is 47.3 Å². The second kappa shape index (κ2) is 5.72. The molecule has 1 heterocycles. The van der Waals surface area contributed by atoms with E-state index in [4.69, 9.17) is 0 Å². The van der Waals surface area contributed by atoms with Gasteiger partial charge in [0, 0.05) is 11.9 Å². The van der Waals surface area contributed by atoms with Crippen LogP contribution in [0.4, 0.5) is 5.69 Å². The van der Waals surface area contributed by atoms with Crippen molar-refractivity contribution in [2.24, 2.45) is 5.92 Å². The molecule has 2 aromatic rings. The van der Waals surface area contributed by atoms with Crippen molar-refractivity contribution in [2.45, 2.75) is 39.7 Å². The van der Waals surface area contributed by atoms with Crippen molar-refractivity contribution >= 4 is 11.6 Å². The number of carbonyl (C=O) groups is 1. The minimum Gasteiger partial charge on any atom is -0.324 e. The highest BCUT2D eigenvalue weighted by Gasteiger charge is 2.19. The molecular weight excluding hydrogens is 262 g/mol. The summed E-state index contributed by atoms with van der Waals surface area (Å²) in [6.45, 7) is 4.53. The smallest absolute Gasteiger partial charge is 0.246 e. The number of hydrogen-bond donors (Lipinski definition) is 1. The Balaban J connectivity index is 1.67. The van der Waals surface area contributed by atoms with Gasteiger partial charge in [-0.1, -0.05) is 25.1 Å². The van der Waals surface area contributed by atoms with Crippen LogP contribution in [-0.4, -0.2) is 15.7 Å². The molecule has 21 heavy (non-hydrogen) atoms. The van der Waals surface area contributed by atoms with Gasteiger partial charge in [-0.2, -0.15) is 5.10 Å². The van der Waals surface area contributed by atoms with Gasteiger partial charge < -0.3 is 5.32 Å². The highest BCUT2D eigenvalue weighted by molar-refractivity contribution is 5.91. The molecule has 0 aliphatic heterocycles. The van der Waals surface area contributed by atoms with E-state index in [0.29, 0.717) is 0 Å². The Hall–Kier alpha value is -2.10. The van der Waals surface area contributed by atoms with Gasteiger partial charge in [-0.3, -0.25) is 9.48 Å². The molecular formula is C17H21N3O. The Labute approximate surface area is 125 Å². The van der Waals surface area contributed by atoms with E-state index >= 15 is 0 Å². The fourth-order valence-corrected chi connectivity index (χ4v) is 2.88. The maximum Gasteiger partial charge on any atom is 0.246 e. The highest BCUT2D eigenvalue weighted by atomic mass is 16.2. The molecule has 1 N–H and O–H groups in total. The van der Waals surface area contributed by atoms with E-state index in [-0.39, 0.29) is 12.5 Å². The lowest BCUT2D eigenvalue weighted by molar-refractivity contribution is -0.116. The Bertz CT molecular complexity index is 660. The number of rotatable bonds is 3. The van der Waals surface area contributed by atoms with Crippen molar-refractivity contribution in [1.82, 2.24) is 9.78 Å². The summed E-state index contributed by atoms with van der Waals surface area (Å²) in [5, 5.41) is 7.49. The van der Waals surface area contributed by atoms with Gasteiger partial charge in [0.25, 0.3) is 0 Å². The van der Waals surface area contributed by atoms with Gasteiger partial charge in [-0.05, 0) is 49.3 Å². The van der Waals surface area contributed by atoms with Gasteiger partial charge in [0.15, 0.2) is 0 Å². The van der Waals surface area contributed by atoms with Crippen molar-refractivity contribution in [1.29, 1.82) is 0 Å². The lowest BCUT2D eigenvalue weighted by Crippen LogP contribution is -2.19. The summed E-state index contributed by atoms with van der Waals surface area (Å²) in [5.74, 6) is 0.688. The first-order valence-corrected chi connectivity index (χ1v) is 7.52. The molecule has 1 amide bonds. The van der Waals surface area contributed by atoms with Crippen molar-refractivity contribution in [3.8, 4) is 0 Å². The van der Waals surface area contributed by atoms with Crippen molar-refractivity contribution < 1.29 is 4.79 Å². The minimum absolute atomic E-state index is 0.0304. The molecule has 1 aliphatic rings. The molecule has 3 rings (SSSR count). The summed E-state index contributed by atoms with van der Waals surface area (Å²) in [5.41, 5.74) is 4.40. The summed E-state index contributed by atoms with van der Waals surface area (Å²) in [4.78, 5) is 12.1. The minimum atomic E-state index is -0.0304. The molecule has 1 aromatic carbocycles. The fourth-order valence-electron chi connectivity index (χ4n) is 2.88. The predicted octanol–water partition coefficient (Wildman–Crippen LogP) is 2.96. The van der Waals surface area contributed by atoms with Crippen molar-refractivity contribution in [3.63, 3.8) is 0 Å². The zero-order valence-electron chi connectivity index (χ0n) is 12.6. The van der Waals surface area contributed by atoms with E-state index < -0.39 is 0 Å². The second-order valence-electron chi connectivity index (χ2n) is 6.01. The fraction of sp³-hybridized carbons (Fsp3) is 0.412. The second-order valence-corrected chi connectivity index (χ2v) is 6.01. The molecule has 110 valence electrons. The van der Waals surface area contributed by atoms with Crippen molar-refractivity contribution in [2.75, 3.05) is 5.32 Å². The number of fused-ring (bicyclic) bond motifs is 1. The first kappa shape index (κ1) is 13.9. The van der Waals surface area contributed by atoms with Gasteiger partial charge in [0.2, 0.25) is 5.91 Å². The topological polar surface area (TPSA) is 46.9 Å². The average molecular weight is 283 g/mol. The number of aryl methyl sites for hydroxylation is 2. The Morgan fingerprint density at radius 3 is 3.05 bits per heavy atom. The van der Waals surface area contributed by atoms with Gasteiger partial charge >= 0.3 is 0 Å². The zero-order valence-corrected chi connectivity index (χ0v) is 12.6. The molecule has 0 fully saturated rings. The van der Waals surface area contributed by atoms with Crippen LogP contribution in [0.3, 0.4) is 0 Å². The summed E-state index contributed by atoms with van der Waals surface area (Å²) >= 11 is 0. The number of hydrogen-bond acceptors (Lipinski definition) is 2. The summed E-state index contributed by atoms with van der Waals surface area (Å²) in [6, 6.07) is 7.80.